The minimum Gasteiger partial charge on any atom is -0.454 e. The zero-order chi connectivity index (χ0) is 32.9. The van der Waals surface area contributed by atoms with E-state index in [4.69, 9.17) is 9.72 Å². The molecule has 7 nitrogen and oxygen atoms in total. The lowest BCUT2D eigenvalue weighted by atomic mass is 9.81. The Balaban J connectivity index is 1.31. The summed E-state index contributed by atoms with van der Waals surface area (Å²) in [7, 11) is 0. The molecule has 3 aromatic carbocycles. The van der Waals surface area contributed by atoms with Crippen LogP contribution >= 0.6 is 47.8 Å². The van der Waals surface area contributed by atoms with Crippen LogP contribution in [0.5, 0.6) is 0 Å². The molecule has 2 fully saturated rings. The predicted octanol–water partition coefficient (Wildman–Crippen LogP) is 8.31. The fourth-order valence-electron chi connectivity index (χ4n) is 6.28. The van der Waals surface area contributed by atoms with Crippen LogP contribution in [0.25, 0.3) is 22.2 Å². The summed E-state index contributed by atoms with van der Waals surface area (Å²) in [4.78, 5) is 59.6. The number of nitrogens with zero attached hydrogens (tertiary/aromatic N) is 2. The molecule has 0 N–H and O–H groups in total. The van der Waals surface area contributed by atoms with Crippen molar-refractivity contribution in [2.45, 2.75) is 49.7 Å². The van der Waals surface area contributed by atoms with Crippen molar-refractivity contribution in [3.63, 3.8) is 0 Å². The van der Waals surface area contributed by atoms with Gasteiger partial charge in [-0.15, -0.1) is 0 Å². The normalized spacial score (nSPS) is 21.0. The van der Waals surface area contributed by atoms with Crippen molar-refractivity contribution < 1.29 is 23.9 Å². The van der Waals surface area contributed by atoms with Gasteiger partial charge in [-0.1, -0.05) is 79.0 Å². The highest BCUT2D eigenvalue weighted by Crippen LogP contribution is 2.44. The number of imide groups is 1. The van der Waals surface area contributed by atoms with E-state index in [9.17, 15) is 19.2 Å². The van der Waals surface area contributed by atoms with Crippen LogP contribution in [0.1, 0.15) is 57.2 Å². The number of aromatic nitrogens is 1. The Kier molecular flexibility index (Phi) is 9.33. The summed E-state index contributed by atoms with van der Waals surface area (Å²) in [6, 6.07) is 18.0. The summed E-state index contributed by atoms with van der Waals surface area (Å²) in [5, 5.41) is 0.612. The molecule has 4 atom stereocenters. The van der Waals surface area contributed by atoms with Gasteiger partial charge in [0.1, 0.15) is 0 Å². The third kappa shape index (κ3) is 6.11. The summed E-state index contributed by atoms with van der Waals surface area (Å²) >= 11 is 10.8. The molecule has 1 aliphatic carbocycles. The summed E-state index contributed by atoms with van der Waals surface area (Å²) in [5.74, 6) is -1.94. The molecular formula is C36H31Br3N2O5. The van der Waals surface area contributed by atoms with Crippen molar-refractivity contribution in [3.05, 3.63) is 93.0 Å². The van der Waals surface area contributed by atoms with E-state index in [0.717, 1.165) is 21.2 Å². The van der Waals surface area contributed by atoms with E-state index in [1.54, 1.807) is 42.5 Å². The van der Waals surface area contributed by atoms with Crippen LogP contribution in [0.2, 0.25) is 0 Å². The van der Waals surface area contributed by atoms with E-state index < -0.39 is 12.6 Å². The number of ether oxygens (including phenoxy) is 1. The van der Waals surface area contributed by atoms with Crippen molar-refractivity contribution in [2.24, 2.45) is 11.8 Å². The maximum Gasteiger partial charge on any atom is 0.339 e. The number of Topliss-reactive ketones (excluding diaryl/α,β-unsaturated/α-hetero) is 1. The van der Waals surface area contributed by atoms with Crippen molar-refractivity contribution >= 4 is 87.9 Å². The highest BCUT2D eigenvalue weighted by molar-refractivity contribution is 9.12. The first-order valence-corrected chi connectivity index (χ1v) is 17.8. The van der Waals surface area contributed by atoms with Gasteiger partial charge in [0.15, 0.2) is 12.4 Å². The molecule has 0 bridgehead atoms. The van der Waals surface area contributed by atoms with E-state index >= 15 is 0 Å². The first-order chi connectivity index (χ1) is 22.0. The van der Waals surface area contributed by atoms with Gasteiger partial charge in [0.05, 0.1) is 34.3 Å². The van der Waals surface area contributed by atoms with Gasteiger partial charge in [-0.2, -0.15) is 0 Å². The predicted molar refractivity (Wildman–Crippen MR) is 189 cm³/mol. The van der Waals surface area contributed by atoms with E-state index in [2.05, 4.69) is 47.8 Å². The van der Waals surface area contributed by atoms with Gasteiger partial charge in [0.2, 0.25) is 11.8 Å². The number of benzene rings is 3. The fourth-order valence-corrected chi connectivity index (χ4v) is 8.03. The summed E-state index contributed by atoms with van der Waals surface area (Å²) in [6.45, 7) is 5.53. The van der Waals surface area contributed by atoms with Crippen LogP contribution in [0, 0.1) is 25.7 Å². The average molecular weight is 811 g/mol. The molecule has 236 valence electrons. The third-order valence-corrected chi connectivity index (χ3v) is 12.2. The Morgan fingerprint density at radius 2 is 1.54 bits per heavy atom. The van der Waals surface area contributed by atoms with Crippen molar-refractivity contribution in [1.82, 2.24) is 4.98 Å². The Hall–Kier alpha value is -3.21. The first kappa shape index (κ1) is 32.7. The SMILES string of the molecule is CCc1cc(Br)cc2c(C(=O)OCC(=O)c3ccc(C)c(C)c3)cc(-c3ccc(N4C(=O)C5CC(Br)C(Br)CC5C4=O)cc3)nc12. The van der Waals surface area contributed by atoms with Crippen LogP contribution in [0.15, 0.2) is 65.1 Å². The average Bonchev–Trinajstić information content (AvgIpc) is 3.28. The first-order valence-electron chi connectivity index (χ1n) is 15.1. The number of hydrogen-bond donors (Lipinski definition) is 0. The molecule has 6 rings (SSSR count). The number of pyridine rings is 1. The summed E-state index contributed by atoms with van der Waals surface area (Å²) < 4.78 is 6.38. The molecule has 2 aliphatic rings. The highest BCUT2D eigenvalue weighted by Gasteiger charge is 2.52. The molecule has 46 heavy (non-hydrogen) atoms. The Labute approximate surface area is 292 Å². The molecule has 4 aromatic rings. The van der Waals surface area contributed by atoms with Gasteiger partial charge in [0, 0.05) is 30.6 Å². The molecule has 1 aliphatic heterocycles. The lowest BCUT2D eigenvalue weighted by Crippen LogP contribution is -2.34. The Bertz CT molecular complexity index is 1880. The Morgan fingerprint density at radius 3 is 2.15 bits per heavy atom. The molecular weight excluding hydrogens is 780 g/mol. The fraction of sp³-hybridized carbons (Fsp3) is 0.306. The van der Waals surface area contributed by atoms with Crippen LogP contribution in [0.3, 0.4) is 0 Å². The van der Waals surface area contributed by atoms with Crippen molar-refractivity contribution in [2.75, 3.05) is 11.5 Å². The highest BCUT2D eigenvalue weighted by atomic mass is 79.9. The summed E-state index contributed by atoms with van der Waals surface area (Å²) in [6.07, 6.45) is 1.88. The Morgan fingerprint density at radius 1 is 0.891 bits per heavy atom. The molecule has 0 spiro atoms. The van der Waals surface area contributed by atoms with E-state index in [1.165, 1.54) is 4.90 Å². The number of carbonyl (C=O) groups excluding carboxylic acids is 4. The largest absolute Gasteiger partial charge is 0.454 e. The number of amides is 2. The van der Waals surface area contributed by atoms with Crippen LogP contribution < -0.4 is 4.90 Å². The van der Waals surface area contributed by atoms with Crippen molar-refractivity contribution in [1.29, 1.82) is 0 Å². The van der Waals surface area contributed by atoms with Gasteiger partial charge < -0.3 is 4.74 Å². The van der Waals surface area contributed by atoms with Crippen LogP contribution in [0.4, 0.5) is 5.69 Å². The third-order valence-electron chi connectivity index (χ3n) is 9.05. The van der Waals surface area contributed by atoms with Gasteiger partial charge in [-0.3, -0.25) is 19.3 Å². The molecule has 4 unspecified atom stereocenters. The van der Waals surface area contributed by atoms with Crippen molar-refractivity contribution in [3.8, 4) is 11.3 Å². The number of hydrogen-bond acceptors (Lipinski definition) is 6. The number of aryl methyl sites for hydroxylation is 3. The van der Waals surface area contributed by atoms with Gasteiger partial charge in [-0.25, -0.2) is 9.78 Å². The zero-order valence-corrected chi connectivity index (χ0v) is 30.2. The molecule has 0 radical (unpaired) electrons. The monoisotopic (exact) mass is 808 g/mol. The van der Waals surface area contributed by atoms with E-state index in [-0.39, 0.29) is 44.7 Å². The molecule has 10 heteroatoms. The van der Waals surface area contributed by atoms with E-state index in [0.29, 0.717) is 52.7 Å². The minimum absolute atomic E-state index is 0.131. The number of anilines is 1. The minimum atomic E-state index is -0.631. The van der Waals surface area contributed by atoms with Gasteiger partial charge in [-0.05, 0) is 86.2 Å². The number of alkyl halides is 2. The number of carbonyl (C=O) groups is 4. The number of fused-ring (bicyclic) bond motifs is 2. The molecule has 2 heterocycles. The molecule has 1 saturated heterocycles. The molecule has 2 amide bonds. The molecule has 1 saturated carbocycles. The molecule has 1 aromatic heterocycles. The topological polar surface area (TPSA) is 93.6 Å². The standard InChI is InChI=1S/C36H31Br3N2O5/c1-4-20-12-23(37)13-25-28(36(45)46-17-32(42)22-6-5-18(2)19(3)11-22)16-31(40-33(20)25)21-7-9-24(10-8-21)41-34(43)26-14-29(38)30(39)15-27(26)35(41)44/h5-13,16,26-27,29-30H,4,14-15,17H2,1-3H3. The quantitative estimate of drug-likeness (QED) is 0.0808. The number of halogens is 3. The maximum absolute atomic E-state index is 13.6. The van der Waals surface area contributed by atoms with Crippen LogP contribution in [-0.4, -0.2) is 44.8 Å². The second kappa shape index (κ2) is 13.1. The lowest BCUT2D eigenvalue weighted by Gasteiger charge is -2.29. The second-order valence-corrected chi connectivity index (χ2v) is 15.2. The lowest BCUT2D eigenvalue weighted by molar-refractivity contribution is -0.122. The maximum atomic E-state index is 13.6. The smallest absolute Gasteiger partial charge is 0.339 e. The second-order valence-electron chi connectivity index (χ2n) is 11.9. The van der Waals surface area contributed by atoms with Gasteiger partial charge >= 0.3 is 5.97 Å². The van der Waals surface area contributed by atoms with Crippen LogP contribution in [-0.2, 0) is 20.7 Å². The number of rotatable bonds is 7. The summed E-state index contributed by atoms with van der Waals surface area (Å²) in [5.41, 5.74) is 6.17. The van der Waals surface area contributed by atoms with E-state index in [1.807, 2.05) is 39.0 Å². The zero-order valence-electron chi connectivity index (χ0n) is 25.5. The number of esters is 1. The number of ketones is 1. The van der Waals surface area contributed by atoms with Gasteiger partial charge in [0.25, 0.3) is 0 Å².